The Morgan fingerprint density at radius 2 is 2.17 bits per heavy atom. The van der Waals surface area contributed by atoms with E-state index >= 15 is 0 Å². The predicted octanol–water partition coefficient (Wildman–Crippen LogP) is 2.17. The van der Waals surface area contributed by atoms with Crippen LogP contribution in [-0.4, -0.2) is 38.9 Å². The van der Waals surface area contributed by atoms with Crippen molar-refractivity contribution < 1.29 is 4.74 Å². The summed E-state index contributed by atoms with van der Waals surface area (Å²) in [5.74, 6) is 0.821. The van der Waals surface area contributed by atoms with Crippen LogP contribution in [0.1, 0.15) is 46.0 Å². The first kappa shape index (κ1) is 14.3. The van der Waals surface area contributed by atoms with Gasteiger partial charge in [-0.05, 0) is 63.1 Å². The first-order valence-electron chi connectivity index (χ1n) is 7.71. The van der Waals surface area contributed by atoms with Crippen LogP contribution in [0.25, 0.3) is 0 Å². The van der Waals surface area contributed by atoms with Crippen LogP contribution in [-0.2, 0) is 4.74 Å². The Kier molecular flexibility index (Phi) is 5.46. The van der Waals surface area contributed by atoms with Crippen molar-refractivity contribution in [3.63, 3.8) is 0 Å². The van der Waals surface area contributed by atoms with Crippen LogP contribution in [0.5, 0.6) is 0 Å². The van der Waals surface area contributed by atoms with Gasteiger partial charge in [0.2, 0.25) is 0 Å². The van der Waals surface area contributed by atoms with E-state index in [4.69, 9.17) is 4.74 Å². The van der Waals surface area contributed by atoms with E-state index in [0.717, 1.165) is 25.6 Å². The van der Waals surface area contributed by atoms with Crippen LogP contribution >= 0.6 is 0 Å². The molecule has 0 aromatic heterocycles. The first-order chi connectivity index (χ1) is 8.68. The molecule has 106 valence electrons. The molecule has 0 aromatic rings. The van der Waals surface area contributed by atoms with Crippen molar-refractivity contribution in [2.24, 2.45) is 11.3 Å². The quantitative estimate of drug-likeness (QED) is 0.713. The highest BCUT2D eigenvalue weighted by Crippen LogP contribution is 2.30. The molecule has 2 unspecified atom stereocenters. The Balaban J connectivity index is 1.61. The molecule has 18 heavy (non-hydrogen) atoms. The van der Waals surface area contributed by atoms with Crippen LogP contribution in [0.4, 0.5) is 0 Å². The van der Waals surface area contributed by atoms with Gasteiger partial charge in [0, 0.05) is 13.2 Å². The molecule has 0 aliphatic carbocycles. The largest absolute Gasteiger partial charge is 0.378 e. The monoisotopic (exact) mass is 254 g/mol. The molecule has 0 bridgehead atoms. The van der Waals surface area contributed by atoms with E-state index in [9.17, 15) is 0 Å². The first-order valence-corrected chi connectivity index (χ1v) is 7.71. The molecule has 3 nitrogen and oxygen atoms in total. The zero-order chi connectivity index (χ0) is 12.8. The lowest BCUT2D eigenvalue weighted by molar-refractivity contribution is 0.102. The molecule has 0 saturated carbocycles. The summed E-state index contributed by atoms with van der Waals surface area (Å²) in [4.78, 5) is 0. The molecule has 3 heteroatoms. The molecule has 2 aliphatic heterocycles. The molecular formula is C15H30N2O. The van der Waals surface area contributed by atoms with Gasteiger partial charge >= 0.3 is 0 Å². The van der Waals surface area contributed by atoms with Gasteiger partial charge < -0.3 is 15.4 Å². The van der Waals surface area contributed by atoms with E-state index in [1.54, 1.807) is 0 Å². The van der Waals surface area contributed by atoms with Gasteiger partial charge in [-0.3, -0.25) is 0 Å². The Morgan fingerprint density at radius 1 is 1.28 bits per heavy atom. The summed E-state index contributed by atoms with van der Waals surface area (Å²) in [6.45, 7) is 10.4. The smallest absolute Gasteiger partial charge is 0.0588 e. The highest BCUT2D eigenvalue weighted by molar-refractivity contribution is 4.84. The van der Waals surface area contributed by atoms with Gasteiger partial charge in [-0.2, -0.15) is 0 Å². The van der Waals surface area contributed by atoms with Crippen molar-refractivity contribution in [3.8, 4) is 0 Å². The van der Waals surface area contributed by atoms with Gasteiger partial charge in [-0.15, -0.1) is 0 Å². The zero-order valence-electron chi connectivity index (χ0n) is 12.1. The summed E-state index contributed by atoms with van der Waals surface area (Å²) in [6, 6.07) is 0. The van der Waals surface area contributed by atoms with Crippen LogP contribution < -0.4 is 10.6 Å². The number of hydrogen-bond donors (Lipinski definition) is 2. The molecular weight excluding hydrogens is 224 g/mol. The van der Waals surface area contributed by atoms with E-state index in [1.807, 2.05) is 0 Å². The van der Waals surface area contributed by atoms with Gasteiger partial charge in [-0.25, -0.2) is 0 Å². The fourth-order valence-electron chi connectivity index (χ4n) is 3.21. The van der Waals surface area contributed by atoms with Crippen molar-refractivity contribution in [1.82, 2.24) is 10.6 Å². The summed E-state index contributed by atoms with van der Waals surface area (Å²) in [5, 5.41) is 7.17. The third kappa shape index (κ3) is 4.22. The third-order valence-corrected chi connectivity index (χ3v) is 4.65. The molecule has 2 fully saturated rings. The maximum atomic E-state index is 5.65. The number of nitrogens with one attached hydrogen (secondary N) is 2. The molecule has 2 heterocycles. The zero-order valence-corrected chi connectivity index (χ0v) is 12.1. The summed E-state index contributed by atoms with van der Waals surface area (Å²) >= 11 is 0. The van der Waals surface area contributed by atoms with E-state index in [1.165, 1.54) is 45.2 Å². The second-order valence-corrected chi connectivity index (χ2v) is 6.63. The molecule has 2 saturated heterocycles. The maximum absolute atomic E-state index is 5.65. The molecule has 0 radical (unpaired) electrons. The predicted molar refractivity (Wildman–Crippen MR) is 75.8 cm³/mol. The number of rotatable bonds is 6. The fraction of sp³-hybridized carbons (Fsp3) is 1.00. The van der Waals surface area contributed by atoms with Gasteiger partial charge in [0.25, 0.3) is 0 Å². The average molecular weight is 254 g/mol. The van der Waals surface area contributed by atoms with Crippen LogP contribution in [0.3, 0.4) is 0 Å². The summed E-state index contributed by atoms with van der Waals surface area (Å²) in [6.07, 6.45) is 6.94. The molecule has 0 spiro atoms. The van der Waals surface area contributed by atoms with Crippen molar-refractivity contribution >= 4 is 0 Å². The van der Waals surface area contributed by atoms with Crippen LogP contribution in [0.2, 0.25) is 0 Å². The van der Waals surface area contributed by atoms with Crippen LogP contribution in [0, 0.1) is 11.3 Å². The Bertz CT molecular complexity index is 231. The molecule has 2 aliphatic rings. The SMILES string of the molecule is CC(C)(CNCCC1CCCO1)C1CCCNC1. The lowest BCUT2D eigenvalue weighted by Gasteiger charge is -2.37. The topological polar surface area (TPSA) is 33.3 Å². The average Bonchev–Trinajstić information content (AvgIpc) is 2.89. The Morgan fingerprint density at radius 3 is 2.83 bits per heavy atom. The molecule has 2 rings (SSSR count). The van der Waals surface area contributed by atoms with Crippen molar-refractivity contribution in [2.75, 3.05) is 32.8 Å². The van der Waals surface area contributed by atoms with Crippen molar-refractivity contribution in [2.45, 2.75) is 52.1 Å². The highest BCUT2D eigenvalue weighted by Gasteiger charge is 2.30. The fourth-order valence-corrected chi connectivity index (χ4v) is 3.21. The number of ether oxygens (including phenoxy) is 1. The Hall–Kier alpha value is -0.120. The van der Waals surface area contributed by atoms with E-state index in [0.29, 0.717) is 11.5 Å². The molecule has 2 N–H and O–H groups in total. The molecule has 0 amide bonds. The Labute approximate surface area is 112 Å². The minimum absolute atomic E-state index is 0.407. The highest BCUT2D eigenvalue weighted by atomic mass is 16.5. The van der Waals surface area contributed by atoms with Gasteiger partial charge in [0.1, 0.15) is 0 Å². The number of piperidine rings is 1. The minimum Gasteiger partial charge on any atom is -0.378 e. The van der Waals surface area contributed by atoms with Crippen LogP contribution in [0.15, 0.2) is 0 Å². The lowest BCUT2D eigenvalue weighted by Crippen LogP contribution is -2.43. The van der Waals surface area contributed by atoms with Crippen molar-refractivity contribution in [3.05, 3.63) is 0 Å². The maximum Gasteiger partial charge on any atom is 0.0588 e. The molecule has 0 aromatic carbocycles. The summed E-state index contributed by atoms with van der Waals surface area (Å²) in [5.41, 5.74) is 0.407. The van der Waals surface area contributed by atoms with Gasteiger partial charge in [0.05, 0.1) is 6.10 Å². The van der Waals surface area contributed by atoms with Gasteiger partial charge in [-0.1, -0.05) is 13.8 Å². The third-order valence-electron chi connectivity index (χ3n) is 4.65. The second-order valence-electron chi connectivity index (χ2n) is 6.63. The molecule has 2 atom stereocenters. The minimum atomic E-state index is 0.407. The van der Waals surface area contributed by atoms with E-state index < -0.39 is 0 Å². The van der Waals surface area contributed by atoms with Gasteiger partial charge in [0.15, 0.2) is 0 Å². The van der Waals surface area contributed by atoms with E-state index in [2.05, 4.69) is 24.5 Å². The number of hydrogen-bond acceptors (Lipinski definition) is 3. The summed E-state index contributed by atoms with van der Waals surface area (Å²) < 4.78 is 5.65. The standard InChI is InChI=1S/C15H30N2O/c1-15(2,13-5-3-8-16-11-13)12-17-9-7-14-6-4-10-18-14/h13-14,16-17H,3-12H2,1-2H3. The van der Waals surface area contributed by atoms with E-state index in [-0.39, 0.29) is 0 Å². The summed E-state index contributed by atoms with van der Waals surface area (Å²) in [7, 11) is 0. The van der Waals surface area contributed by atoms with Crippen molar-refractivity contribution in [1.29, 1.82) is 0 Å². The lowest BCUT2D eigenvalue weighted by atomic mass is 9.75. The second kappa shape index (κ2) is 6.88. The normalized spacial score (nSPS) is 29.7.